The van der Waals surface area contributed by atoms with E-state index in [2.05, 4.69) is 4.40 Å². The molecule has 0 aliphatic carbocycles. The number of aliphatic hydroxyl groups excluding tert-OH is 1. The average Bonchev–Trinajstić information content (AvgIpc) is 2.01. The highest BCUT2D eigenvalue weighted by Gasteiger charge is 2.15. The van der Waals surface area contributed by atoms with Crippen molar-refractivity contribution >= 4 is 21.3 Å². The molecule has 5 heteroatoms. The summed E-state index contributed by atoms with van der Waals surface area (Å²) in [6.07, 6.45) is 2.26. The Morgan fingerprint density at radius 3 is 2.77 bits per heavy atom. The molecular weight excluding hydrogens is 190 g/mol. The zero-order chi connectivity index (χ0) is 10.1. The minimum atomic E-state index is -2.31. The Kier molecular flexibility index (Phi) is 2.77. The fourth-order valence-corrected chi connectivity index (χ4v) is 2.02. The molecule has 1 aliphatic rings. The van der Waals surface area contributed by atoms with Crippen molar-refractivity contribution in [2.45, 2.75) is 13.0 Å². The van der Waals surface area contributed by atoms with Gasteiger partial charge in [0.1, 0.15) is 5.76 Å². The van der Waals surface area contributed by atoms with Crippen LogP contribution in [0.15, 0.2) is 15.7 Å². The van der Waals surface area contributed by atoms with Crippen molar-refractivity contribution in [2.75, 3.05) is 13.4 Å². The van der Waals surface area contributed by atoms with Crippen LogP contribution in [0.25, 0.3) is 0 Å². The van der Waals surface area contributed by atoms with E-state index in [1.165, 1.54) is 24.9 Å². The van der Waals surface area contributed by atoms with Gasteiger partial charge in [0.25, 0.3) is 0 Å². The standard InChI is InChI=1S/C8H13NO3S/c1-6(10)7-4-9-13(3,11)5-8(7)12-2/h4-6,10H,1-3H3/t6-,13?/m0/s1. The molecule has 0 radical (unpaired) electrons. The van der Waals surface area contributed by atoms with Gasteiger partial charge >= 0.3 is 0 Å². The highest BCUT2D eigenvalue weighted by Crippen LogP contribution is 2.12. The average molecular weight is 203 g/mol. The first-order chi connectivity index (χ1) is 5.96. The summed E-state index contributed by atoms with van der Waals surface area (Å²) in [5.41, 5.74) is 0.559. The predicted molar refractivity (Wildman–Crippen MR) is 54.3 cm³/mol. The van der Waals surface area contributed by atoms with Gasteiger partial charge in [-0.15, -0.1) is 0 Å². The van der Waals surface area contributed by atoms with Crippen LogP contribution in [-0.4, -0.2) is 40.4 Å². The highest BCUT2D eigenvalue weighted by atomic mass is 32.2. The number of hydrogen-bond acceptors (Lipinski definition) is 3. The first kappa shape index (κ1) is 10.3. The van der Waals surface area contributed by atoms with E-state index in [1.807, 2.05) is 0 Å². The summed E-state index contributed by atoms with van der Waals surface area (Å²) in [6.45, 7) is 1.61. The maximum absolute atomic E-state index is 11.5. The third-order valence-electron chi connectivity index (χ3n) is 1.68. The zero-order valence-electron chi connectivity index (χ0n) is 7.85. The van der Waals surface area contributed by atoms with Crippen LogP contribution in [0.4, 0.5) is 0 Å². The Hall–Kier alpha value is -0.810. The summed E-state index contributed by atoms with van der Waals surface area (Å²) in [6, 6.07) is 0. The molecule has 2 atom stereocenters. The van der Waals surface area contributed by atoms with Crippen molar-refractivity contribution in [3.63, 3.8) is 0 Å². The van der Waals surface area contributed by atoms with Crippen molar-refractivity contribution in [1.82, 2.24) is 0 Å². The predicted octanol–water partition coefficient (Wildman–Crippen LogP) is -0.0165. The fraction of sp³-hybridized carbons (Fsp3) is 0.500. The number of hydrogen-bond donors (Lipinski definition) is 1. The lowest BCUT2D eigenvalue weighted by molar-refractivity contribution is 0.226. The summed E-state index contributed by atoms with van der Waals surface area (Å²) in [5.74, 6) is 0.442. The van der Waals surface area contributed by atoms with Crippen molar-refractivity contribution in [1.29, 1.82) is 0 Å². The van der Waals surface area contributed by atoms with E-state index in [4.69, 9.17) is 4.74 Å². The molecule has 1 unspecified atom stereocenters. The van der Waals surface area contributed by atoms with Crippen molar-refractivity contribution in [3.05, 3.63) is 11.3 Å². The summed E-state index contributed by atoms with van der Waals surface area (Å²) in [7, 11) is -0.835. The van der Waals surface area contributed by atoms with Gasteiger partial charge in [-0.3, -0.25) is 0 Å². The van der Waals surface area contributed by atoms with E-state index in [0.717, 1.165) is 0 Å². The molecule has 13 heavy (non-hydrogen) atoms. The molecule has 0 fully saturated rings. The molecule has 0 aromatic heterocycles. The van der Waals surface area contributed by atoms with E-state index in [0.29, 0.717) is 11.3 Å². The molecule has 1 rings (SSSR count). The topological polar surface area (TPSA) is 58.9 Å². The lowest BCUT2D eigenvalue weighted by atomic mass is 10.1. The zero-order valence-corrected chi connectivity index (χ0v) is 8.67. The lowest BCUT2D eigenvalue weighted by Crippen LogP contribution is -2.17. The summed E-state index contributed by atoms with van der Waals surface area (Å²) >= 11 is 0. The van der Waals surface area contributed by atoms with Crippen molar-refractivity contribution < 1.29 is 14.1 Å². The highest BCUT2D eigenvalue weighted by molar-refractivity contribution is 7.99. The first-order valence-electron chi connectivity index (χ1n) is 3.82. The monoisotopic (exact) mass is 203 g/mol. The van der Waals surface area contributed by atoms with Crippen molar-refractivity contribution in [2.24, 2.45) is 4.40 Å². The van der Waals surface area contributed by atoms with Gasteiger partial charge in [0, 0.05) is 18.0 Å². The van der Waals surface area contributed by atoms with Crippen LogP contribution in [0.3, 0.4) is 0 Å². The number of nitrogens with zero attached hydrogens (tertiary/aromatic N) is 1. The molecular formula is C8H13NO3S. The van der Waals surface area contributed by atoms with Gasteiger partial charge in [0.05, 0.1) is 28.3 Å². The van der Waals surface area contributed by atoms with Crippen LogP contribution >= 0.6 is 0 Å². The molecule has 0 aromatic carbocycles. The van der Waals surface area contributed by atoms with E-state index >= 15 is 0 Å². The quantitative estimate of drug-likeness (QED) is 0.642. The van der Waals surface area contributed by atoms with E-state index in [1.54, 1.807) is 6.92 Å². The van der Waals surface area contributed by atoms with Gasteiger partial charge in [0.15, 0.2) is 0 Å². The molecule has 1 aliphatic heterocycles. The maximum atomic E-state index is 11.5. The second-order valence-electron chi connectivity index (χ2n) is 2.91. The van der Waals surface area contributed by atoms with Crippen LogP contribution in [0, 0.1) is 0 Å². The van der Waals surface area contributed by atoms with Crippen LogP contribution in [0.1, 0.15) is 6.92 Å². The SMILES string of the molecule is COC1=C([C@H](C)O)C=NS(C)(=O)=C1. The molecule has 0 amide bonds. The molecule has 1 N–H and O–H groups in total. The second kappa shape index (κ2) is 3.51. The third kappa shape index (κ3) is 2.32. The van der Waals surface area contributed by atoms with Gasteiger partial charge in [-0.05, 0) is 6.92 Å². The Bertz CT molecular complexity index is 373. The molecule has 1 heterocycles. The number of methoxy groups -OCH3 is 1. The Labute approximate surface area is 78.1 Å². The third-order valence-corrected chi connectivity index (χ3v) is 2.86. The van der Waals surface area contributed by atoms with Gasteiger partial charge in [-0.1, -0.05) is 0 Å². The van der Waals surface area contributed by atoms with Gasteiger partial charge in [-0.25, -0.2) is 8.61 Å². The lowest BCUT2D eigenvalue weighted by Gasteiger charge is -2.14. The number of rotatable bonds is 2. The number of aliphatic hydroxyl groups is 1. The van der Waals surface area contributed by atoms with Gasteiger partial charge < -0.3 is 9.84 Å². The number of ether oxygens (including phenoxy) is 1. The summed E-state index contributed by atoms with van der Waals surface area (Å²) < 4.78 is 20.3. The normalized spacial score (nSPS) is 29.8. The molecule has 0 bridgehead atoms. The second-order valence-corrected chi connectivity index (χ2v) is 5.08. The molecule has 0 saturated carbocycles. The van der Waals surface area contributed by atoms with E-state index < -0.39 is 15.8 Å². The van der Waals surface area contributed by atoms with Gasteiger partial charge in [0.2, 0.25) is 0 Å². The van der Waals surface area contributed by atoms with Crippen LogP contribution in [-0.2, 0) is 14.4 Å². The Balaban J connectivity index is 3.23. The summed E-state index contributed by atoms with van der Waals surface area (Å²) in [4.78, 5) is 0. The Morgan fingerprint density at radius 1 is 1.69 bits per heavy atom. The fourth-order valence-electron chi connectivity index (χ4n) is 1.00. The minimum absolute atomic E-state index is 0.442. The van der Waals surface area contributed by atoms with Crippen LogP contribution in [0.5, 0.6) is 0 Å². The largest absolute Gasteiger partial charge is 0.496 e. The van der Waals surface area contributed by atoms with Gasteiger partial charge in [-0.2, -0.15) is 0 Å². The molecule has 74 valence electrons. The first-order valence-corrected chi connectivity index (χ1v) is 5.80. The number of allylic oxidation sites excluding steroid dienone is 1. The van der Waals surface area contributed by atoms with E-state index in [-0.39, 0.29) is 0 Å². The van der Waals surface area contributed by atoms with E-state index in [9.17, 15) is 9.32 Å². The van der Waals surface area contributed by atoms with Crippen LogP contribution < -0.4 is 0 Å². The maximum Gasteiger partial charge on any atom is 0.135 e. The molecule has 0 spiro atoms. The smallest absolute Gasteiger partial charge is 0.135 e. The van der Waals surface area contributed by atoms with Crippen LogP contribution in [0.2, 0.25) is 0 Å². The molecule has 0 saturated heterocycles. The molecule has 0 aromatic rings. The van der Waals surface area contributed by atoms with Crippen molar-refractivity contribution in [3.8, 4) is 0 Å². The Morgan fingerprint density at radius 2 is 2.31 bits per heavy atom. The summed E-state index contributed by atoms with van der Waals surface area (Å²) in [5, 5.41) is 10.7. The minimum Gasteiger partial charge on any atom is -0.496 e. The molecule has 4 nitrogen and oxygen atoms in total.